The maximum atomic E-state index is 12.0. The van der Waals surface area contributed by atoms with Crippen LogP contribution < -0.4 is 10.6 Å². The molecule has 2 amide bonds. The molecule has 1 atom stereocenters. The number of aromatic nitrogens is 2. The molecule has 0 spiro atoms. The number of urea groups is 1. The van der Waals surface area contributed by atoms with Crippen molar-refractivity contribution in [2.24, 2.45) is 13.0 Å². The van der Waals surface area contributed by atoms with Gasteiger partial charge in [-0.2, -0.15) is 5.10 Å². The number of carbonyl (C=O) groups excluding carboxylic acids is 1. The summed E-state index contributed by atoms with van der Waals surface area (Å²) in [6.45, 7) is 3.90. The van der Waals surface area contributed by atoms with Crippen molar-refractivity contribution in [3.8, 4) is 0 Å². The van der Waals surface area contributed by atoms with E-state index >= 15 is 0 Å². The summed E-state index contributed by atoms with van der Waals surface area (Å²) in [4.78, 5) is 23.3. The van der Waals surface area contributed by atoms with Gasteiger partial charge in [0.1, 0.15) is 5.54 Å². The maximum absolute atomic E-state index is 12.0. The highest BCUT2D eigenvalue weighted by atomic mass is 16.4. The van der Waals surface area contributed by atoms with Crippen LogP contribution in [0.2, 0.25) is 0 Å². The van der Waals surface area contributed by atoms with Crippen LogP contribution >= 0.6 is 0 Å². The summed E-state index contributed by atoms with van der Waals surface area (Å²) in [6.07, 6.45) is 4.32. The molecular formula is C14H22N4O3. The second kappa shape index (κ2) is 5.75. The molecule has 116 valence electrons. The highest BCUT2D eigenvalue weighted by Crippen LogP contribution is 2.39. The topological polar surface area (TPSA) is 96.3 Å². The average Bonchev–Trinajstić information content (AvgIpc) is 3.20. The SMILES string of the molecule is CCc1nn(C)cc1CNC(=O)NC(C)(C(=O)O)C1CC1. The Labute approximate surface area is 123 Å². The van der Waals surface area contributed by atoms with Crippen molar-refractivity contribution < 1.29 is 14.7 Å². The summed E-state index contributed by atoms with van der Waals surface area (Å²) >= 11 is 0. The van der Waals surface area contributed by atoms with E-state index in [1.807, 2.05) is 20.2 Å². The number of hydrogen-bond donors (Lipinski definition) is 3. The van der Waals surface area contributed by atoms with Gasteiger partial charge in [0.15, 0.2) is 0 Å². The lowest BCUT2D eigenvalue weighted by Gasteiger charge is -2.26. The second-order valence-corrected chi connectivity index (χ2v) is 5.72. The summed E-state index contributed by atoms with van der Waals surface area (Å²) in [5, 5.41) is 18.9. The van der Waals surface area contributed by atoms with E-state index in [-0.39, 0.29) is 5.92 Å². The molecule has 2 rings (SSSR count). The van der Waals surface area contributed by atoms with E-state index in [0.29, 0.717) is 6.54 Å². The predicted octanol–water partition coefficient (Wildman–Crippen LogP) is 1.03. The molecule has 7 heteroatoms. The summed E-state index contributed by atoms with van der Waals surface area (Å²) in [6, 6.07) is -0.460. The molecule has 1 aromatic rings. The fourth-order valence-corrected chi connectivity index (χ4v) is 2.48. The van der Waals surface area contributed by atoms with Gasteiger partial charge in [-0.1, -0.05) is 6.92 Å². The van der Waals surface area contributed by atoms with Crippen LogP contribution in [0, 0.1) is 5.92 Å². The highest BCUT2D eigenvalue weighted by molar-refractivity contribution is 5.86. The van der Waals surface area contributed by atoms with Crippen molar-refractivity contribution in [3.05, 3.63) is 17.5 Å². The summed E-state index contributed by atoms with van der Waals surface area (Å²) in [7, 11) is 1.83. The minimum atomic E-state index is -1.19. The molecule has 1 aromatic heterocycles. The van der Waals surface area contributed by atoms with Crippen molar-refractivity contribution in [2.75, 3.05) is 0 Å². The standard InChI is InChI=1S/C14H22N4O3/c1-4-11-9(8-18(3)17-11)7-15-13(21)16-14(2,12(19)20)10-5-6-10/h8,10H,4-7H2,1-3H3,(H,19,20)(H2,15,16,21). The molecule has 21 heavy (non-hydrogen) atoms. The van der Waals surface area contributed by atoms with Gasteiger partial charge in [0.25, 0.3) is 0 Å². The van der Waals surface area contributed by atoms with E-state index < -0.39 is 17.5 Å². The Balaban J connectivity index is 1.94. The molecule has 1 aliphatic carbocycles. The van der Waals surface area contributed by atoms with Crippen LogP contribution in [0.1, 0.15) is 37.9 Å². The predicted molar refractivity (Wildman–Crippen MR) is 76.7 cm³/mol. The first-order valence-electron chi connectivity index (χ1n) is 7.17. The van der Waals surface area contributed by atoms with Gasteiger partial charge in [0.05, 0.1) is 5.69 Å². The van der Waals surface area contributed by atoms with Gasteiger partial charge in [-0.25, -0.2) is 9.59 Å². The van der Waals surface area contributed by atoms with E-state index in [2.05, 4.69) is 15.7 Å². The Kier molecular flexibility index (Phi) is 4.20. The average molecular weight is 294 g/mol. The van der Waals surface area contributed by atoms with Crippen molar-refractivity contribution in [1.82, 2.24) is 20.4 Å². The van der Waals surface area contributed by atoms with E-state index in [0.717, 1.165) is 30.5 Å². The smallest absolute Gasteiger partial charge is 0.329 e. The van der Waals surface area contributed by atoms with Gasteiger partial charge in [-0.15, -0.1) is 0 Å². The van der Waals surface area contributed by atoms with Gasteiger partial charge in [-0.05, 0) is 32.1 Å². The van der Waals surface area contributed by atoms with Gasteiger partial charge >= 0.3 is 12.0 Å². The fraction of sp³-hybridized carbons (Fsp3) is 0.643. The van der Waals surface area contributed by atoms with Crippen LogP contribution in [0.3, 0.4) is 0 Å². The first kappa shape index (κ1) is 15.3. The largest absolute Gasteiger partial charge is 0.480 e. The lowest BCUT2D eigenvalue weighted by molar-refractivity contribution is -0.144. The Morgan fingerprint density at radius 3 is 2.71 bits per heavy atom. The normalized spacial score (nSPS) is 17.1. The molecule has 1 saturated carbocycles. The first-order valence-corrected chi connectivity index (χ1v) is 7.17. The van der Waals surface area contributed by atoms with Crippen LogP contribution in [0.25, 0.3) is 0 Å². The van der Waals surface area contributed by atoms with Crippen LogP contribution in [-0.4, -0.2) is 32.4 Å². The van der Waals surface area contributed by atoms with Crippen molar-refractivity contribution >= 4 is 12.0 Å². The summed E-state index contributed by atoms with van der Waals surface area (Å²) < 4.78 is 1.71. The number of nitrogens with one attached hydrogen (secondary N) is 2. The molecule has 0 aliphatic heterocycles. The fourth-order valence-electron chi connectivity index (χ4n) is 2.48. The number of rotatable bonds is 6. The van der Waals surface area contributed by atoms with Crippen LogP contribution in [0.4, 0.5) is 4.79 Å². The van der Waals surface area contributed by atoms with Crippen LogP contribution in [0.15, 0.2) is 6.20 Å². The van der Waals surface area contributed by atoms with E-state index in [1.165, 1.54) is 0 Å². The molecule has 1 unspecified atom stereocenters. The number of nitrogens with zero attached hydrogens (tertiary/aromatic N) is 2. The van der Waals surface area contributed by atoms with E-state index in [4.69, 9.17) is 0 Å². The van der Waals surface area contributed by atoms with Crippen molar-refractivity contribution in [3.63, 3.8) is 0 Å². The third kappa shape index (κ3) is 3.34. The number of hydrogen-bond acceptors (Lipinski definition) is 3. The zero-order valence-corrected chi connectivity index (χ0v) is 12.6. The Hall–Kier alpha value is -2.05. The molecule has 0 saturated heterocycles. The van der Waals surface area contributed by atoms with Gasteiger partial charge in [0.2, 0.25) is 0 Å². The molecule has 1 fully saturated rings. The lowest BCUT2D eigenvalue weighted by Crippen LogP contribution is -2.56. The summed E-state index contributed by atoms with van der Waals surface area (Å²) in [5.74, 6) is -0.971. The number of aliphatic carboxylic acids is 1. The zero-order chi connectivity index (χ0) is 15.6. The third-order valence-corrected chi connectivity index (χ3v) is 3.98. The van der Waals surface area contributed by atoms with Gasteiger partial charge < -0.3 is 15.7 Å². The lowest BCUT2D eigenvalue weighted by atomic mass is 9.96. The monoisotopic (exact) mass is 294 g/mol. The number of carbonyl (C=O) groups is 2. The first-order chi connectivity index (χ1) is 9.86. The number of carboxylic acids is 1. The second-order valence-electron chi connectivity index (χ2n) is 5.72. The molecule has 3 N–H and O–H groups in total. The Morgan fingerprint density at radius 2 is 2.19 bits per heavy atom. The van der Waals surface area contributed by atoms with Crippen LogP contribution in [0.5, 0.6) is 0 Å². The Morgan fingerprint density at radius 1 is 1.52 bits per heavy atom. The number of amides is 2. The molecule has 1 heterocycles. The van der Waals surface area contributed by atoms with E-state index in [1.54, 1.807) is 11.6 Å². The quantitative estimate of drug-likeness (QED) is 0.730. The van der Waals surface area contributed by atoms with Crippen molar-refractivity contribution in [1.29, 1.82) is 0 Å². The minimum absolute atomic E-state index is 0.0188. The molecule has 0 bridgehead atoms. The number of carboxylic acid groups (broad SMARTS) is 1. The third-order valence-electron chi connectivity index (χ3n) is 3.98. The van der Waals surface area contributed by atoms with Gasteiger partial charge in [-0.3, -0.25) is 4.68 Å². The Bertz CT molecular complexity index is 550. The van der Waals surface area contributed by atoms with E-state index in [9.17, 15) is 14.7 Å². The molecule has 0 aromatic carbocycles. The highest BCUT2D eigenvalue weighted by Gasteiger charge is 2.48. The maximum Gasteiger partial charge on any atom is 0.329 e. The molecule has 0 radical (unpaired) electrons. The van der Waals surface area contributed by atoms with Crippen LogP contribution in [-0.2, 0) is 24.8 Å². The number of aryl methyl sites for hydroxylation is 2. The van der Waals surface area contributed by atoms with Crippen molar-refractivity contribution in [2.45, 2.75) is 45.2 Å². The van der Waals surface area contributed by atoms with Gasteiger partial charge in [0, 0.05) is 25.4 Å². The molecular weight excluding hydrogens is 272 g/mol. The molecule has 7 nitrogen and oxygen atoms in total. The zero-order valence-electron chi connectivity index (χ0n) is 12.6. The minimum Gasteiger partial charge on any atom is -0.480 e. The molecule has 1 aliphatic rings. The summed E-state index contributed by atoms with van der Waals surface area (Å²) in [5.41, 5.74) is 0.687.